The minimum absolute atomic E-state index is 0.154. The second-order valence-electron chi connectivity index (χ2n) is 7.38. The van der Waals surface area contributed by atoms with Crippen molar-refractivity contribution in [3.8, 4) is 11.6 Å². The molecule has 2 aromatic heterocycles. The molecule has 0 bridgehead atoms. The fourth-order valence-corrected chi connectivity index (χ4v) is 5.63. The predicted octanol–water partition coefficient (Wildman–Crippen LogP) is 3.77. The largest absolute Gasteiger partial charge is 0.461 e. The number of benzene rings is 1. The minimum Gasteiger partial charge on any atom is -0.461 e. The first kappa shape index (κ1) is 22.6. The van der Waals surface area contributed by atoms with E-state index in [0.717, 1.165) is 25.7 Å². The first-order chi connectivity index (χ1) is 15.5. The normalized spacial score (nSPS) is 15.4. The molecule has 1 aliphatic heterocycles. The van der Waals surface area contributed by atoms with Gasteiger partial charge in [0.2, 0.25) is 27.6 Å². The number of hydrogen-bond donors (Lipinski definition) is 1. The summed E-state index contributed by atoms with van der Waals surface area (Å²) >= 11 is 1.31. The van der Waals surface area contributed by atoms with E-state index in [1.54, 1.807) is 30.3 Å². The molecule has 1 fully saturated rings. The smallest absolute Gasteiger partial charge is 0.243 e. The first-order valence-electron chi connectivity index (χ1n) is 10.4. The molecule has 0 radical (unpaired) electrons. The quantitative estimate of drug-likeness (QED) is 0.522. The Morgan fingerprint density at radius 1 is 1.12 bits per heavy atom. The number of nitrogens with zero attached hydrogens (tertiary/aromatic N) is 3. The van der Waals surface area contributed by atoms with Gasteiger partial charge in [0.1, 0.15) is 0 Å². The fraction of sp³-hybridized carbons (Fsp3) is 0.381. The molecule has 0 saturated carbocycles. The van der Waals surface area contributed by atoms with E-state index in [0.29, 0.717) is 42.0 Å². The molecule has 4 rings (SSSR count). The standard InChI is InChI=1S/C21H24N4O5S2/c26-19(14-31-15-20-23-21(24-30-20)18-9-6-12-29-18)22-16-7-5-8-17(13-16)32(27,28)25-10-3-1-2-4-11-25/h5-9,12-13H,1-4,10-11,14-15H2,(H,22,26). The Balaban J connectivity index is 1.31. The molecule has 1 saturated heterocycles. The third kappa shape index (κ3) is 5.59. The molecule has 0 unspecified atom stereocenters. The summed E-state index contributed by atoms with van der Waals surface area (Å²) in [7, 11) is -3.57. The predicted molar refractivity (Wildman–Crippen MR) is 120 cm³/mol. The van der Waals surface area contributed by atoms with Crippen LogP contribution in [0.1, 0.15) is 31.6 Å². The van der Waals surface area contributed by atoms with E-state index in [1.807, 2.05) is 0 Å². The molecule has 1 N–H and O–H groups in total. The number of nitrogens with one attached hydrogen (secondary N) is 1. The van der Waals surface area contributed by atoms with Gasteiger partial charge in [-0.2, -0.15) is 9.29 Å². The zero-order chi connectivity index (χ0) is 22.4. The average molecular weight is 477 g/mol. The maximum atomic E-state index is 13.0. The van der Waals surface area contributed by atoms with Gasteiger partial charge in [-0.05, 0) is 43.2 Å². The van der Waals surface area contributed by atoms with E-state index < -0.39 is 10.0 Å². The van der Waals surface area contributed by atoms with Crippen LogP contribution in [-0.2, 0) is 20.6 Å². The van der Waals surface area contributed by atoms with Crippen LogP contribution in [0.15, 0.2) is 56.5 Å². The zero-order valence-electron chi connectivity index (χ0n) is 17.4. The lowest BCUT2D eigenvalue weighted by atomic mass is 10.2. The highest BCUT2D eigenvalue weighted by molar-refractivity contribution is 7.99. The van der Waals surface area contributed by atoms with Gasteiger partial charge in [-0.25, -0.2) is 8.42 Å². The summed E-state index contributed by atoms with van der Waals surface area (Å²) in [5.41, 5.74) is 0.449. The number of carbonyl (C=O) groups is 1. The van der Waals surface area contributed by atoms with Crippen molar-refractivity contribution in [2.24, 2.45) is 0 Å². The summed E-state index contributed by atoms with van der Waals surface area (Å²) < 4.78 is 37.9. The fourth-order valence-electron chi connectivity index (χ4n) is 3.41. The average Bonchev–Trinajstić information content (AvgIpc) is 3.40. The topological polar surface area (TPSA) is 119 Å². The SMILES string of the molecule is O=C(CSCc1nc(-c2ccco2)no1)Nc1cccc(S(=O)(=O)N2CCCCCC2)c1. The summed E-state index contributed by atoms with van der Waals surface area (Å²) in [6, 6.07) is 9.86. The summed E-state index contributed by atoms with van der Waals surface area (Å²) in [5.74, 6) is 1.53. The molecule has 11 heteroatoms. The van der Waals surface area contributed by atoms with E-state index in [1.165, 1.54) is 28.4 Å². The Morgan fingerprint density at radius 2 is 1.94 bits per heavy atom. The highest BCUT2D eigenvalue weighted by Gasteiger charge is 2.25. The number of aromatic nitrogens is 2. The number of rotatable bonds is 8. The molecule has 0 atom stereocenters. The Kier molecular flexibility index (Phi) is 7.28. The van der Waals surface area contributed by atoms with Crippen LogP contribution >= 0.6 is 11.8 Å². The summed E-state index contributed by atoms with van der Waals surface area (Å²) in [4.78, 5) is 16.8. The molecule has 3 aromatic rings. The monoisotopic (exact) mass is 476 g/mol. The van der Waals surface area contributed by atoms with Crippen molar-refractivity contribution in [2.75, 3.05) is 24.2 Å². The molecule has 1 aliphatic rings. The number of thioether (sulfide) groups is 1. The van der Waals surface area contributed by atoms with Gasteiger partial charge in [0, 0.05) is 18.8 Å². The molecule has 170 valence electrons. The van der Waals surface area contributed by atoms with Gasteiger partial charge in [0.25, 0.3) is 0 Å². The maximum absolute atomic E-state index is 13.0. The number of anilines is 1. The van der Waals surface area contributed by atoms with Gasteiger partial charge in [0.05, 0.1) is 22.7 Å². The van der Waals surface area contributed by atoms with Crippen LogP contribution < -0.4 is 5.32 Å². The number of amides is 1. The Morgan fingerprint density at radius 3 is 2.69 bits per heavy atom. The molecule has 0 spiro atoms. The number of sulfonamides is 1. The second-order valence-corrected chi connectivity index (χ2v) is 10.3. The third-order valence-corrected chi connectivity index (χ3v) is 7.80. The van der Waals surface area contributed by atoms with Crippen molar-refractivity contribution in [1.82, 2.24) is 14.4 Å². The molecule has 1 aromatic carbocycles. The van der Waals surface area contributed by atoms with Crippen LogP contribution in [0.2, 0.25) is 0 Å². The van der Waals surface area contributed by atoms with E-state index in [2.05, 4.69) is 15.5 Å². The van der Waals surface area contributed by atoms with Crippen molar-refractivity contribution in [3.63, 3.8) is 0 Å². The van der Waals surface area contributed by atoms with Crippen LogP contribution in [0.3, 0.4) is 0 Å². The van der Waals surface area contributed by atoms with Crippen LogP contribution in [0, 0.1) is 0 Å². The number of hydrogen-bond acceptors (Lipinski definition) is 8. The Hall–Kier alpha value is -2.63. The van der Waals surface area contributed by atoms with Crippen molar-refractivity contribution in [1.29, 1.82) is 0 Å². The number of carbonyl (C=O) groups excluding carboxylic acids is 1. The van der Waals surface area contributed by atoms with Crippen molar-refractivity contribution in [3.05, 3.63) is 48.6 Å². The molecule has 1 amide bonds. The van der Waals surface area contributed by atoms with E-state index in [4.69, 9.17) is 8.94 Å². The van der Waals surface area contributed by atoms with Gasteiger partial charge >= 0.3 is 0 Å². The molecule has 9 nitrogen and oxygen atoms in total. The van der Waals surface area contributed by atoms with Gasteiger partial charge in [-0.3, -0.25) is 4.79 Å². The Labute approximate surface area is 190 Å². The molecule has 32 heavy (non-hydrogen) atoms. The maximum Gasteiger partial charge on any atom is 0.243 e. The van der Waals surface area contributed by atoms with Crippen LogP contribution in [0.5, 0.6) is 0 Å². The molecular weight excluding hydrogens is 452 g/mol. The van der Waals surface area contributed by atoms with Gasteiger partial charge in [-0.1, -0.05) is 24.1 Å². The second kappa shape index (κ2) is 10.3. The molecule has 3 heterocycles. The van der Waals surface area contributed by atoms with Crippen LogP contribution in [-0.4, -0.2) is 47.6 Å². The van der Waals surface area contributed by atoms with Crippen molar-refractivity contribution >= 4 is 33.4 Å². The lowest BCUT2D eigenvalue weighted by molar-refractivity contribution is -0.113. The van der Waals surface area contributed by atoms with E-state index in [-0.39, 0.29) is 16.6 Å². The summed E-state index contributed by atoms with van der Waals surface area (Å²) in [5, 5.41) is 6.61. The molecule has 0 aliphatic carbocycles. The zero-order valence-corrected chi connectivity index (χ0v) is 19.0. The highest BCUT2D eigenvalue weighted by atomic mass is 32.2. The third-order valence-electron chi connectivity index (χ3n) is 4.99. The molecular formula is C21H24N4O5S2. The minimum atomic E-state index is -3.57. The lowest BCUT2D eigenvalue weighted by Crippen LogP contribution is -2.32. The van der Waals surface area contributed by atoms with Crippen molar-refractivity contribution < 1.29 is 22.2 Å². The van der Waals surface area contributed by atoms with Crippen LogP contribution in [0.4, 0.5) is 5.69 Å². The highest BCUT2D eigenvalue weighted by Crippen LogP contribution is 2.23. The van der Waals surface area contributed by atoms with E-state index >= 15 is 0 Å². The lowest BCUT2D eigenvalue weighted by Gasteiger charge is -2.20. The van der Waals surface area contributed by atoms with Gasteiger partial charge < -0.3 is 14.3 Å². The van der Waals surface area contributed by atoms with E-state index in [9.17, 15) is 13.2 Å². The van der Waals surface area contributed by atoms with Gasteiger partial charge in [-0.15, -0.1) is 11.8 Å². The van der Waals surface area contributed by atoms with Gasteiger partial charge in [0.15, 0.2) is 5.76 Å². The van der Waals surface area contributed by atoms with Crippen LogP contribution in [0.25, 0.3) is 11.6 Å². The Bertz CT molecular complexity index is 1140. The summed E-state index contributed by atoms with van der Waals surface area (Å²) in [6.45, 7) is 1.07. The van der Waals surface area contributed by atoms with Crippen molar-refractivity contribution in [2.45, 2.75) is 36.3 Å². The summed E-state index contributed by atoms with van der Waals surface area (Å²) in [6.07, 6.45) is 5.37. The number of furan rings is 1. The first-order valence-corrected chi connectivity index (χ1v) is 13.0.